The summed E-state index contributed by atoms with van der Waals surface area (Å²) in [6.07, 6.45) is -0.574. The van der Waals surface area contributed by atoms with E-state index in [9.17, 15) is 5.11 Å². The highest BCUT2D eigenvalue weighted by Gasteiger charge is 2.26. The normalized spacial score (nSPS) is 14.2. The van der Waals surface area contributed by atoms with Crippen LogP contribution in [0, 0.1) is 0 Å². The Morgan fingerprint density at radius 2 is 1.45 bits per heavy atom. The Morgan fingerprint density at radius 3 is 1.95 bits per heavy atom. The SMILES string of the molecule is CN(CCN)[C@@H](c1ccccc1)[C@@H](O)c1ccccc1. The zero-order valence-electron chi connectivity index (χ0n) is 11.8. The third kappa shape index (κ3) is 3.45. The fourth-order valence-corrected chi connectivity index (χ4v) is 2.50. The van der Waals surface area contributed by atoms with Gasteiger partial charge in [-0.15, -0.1) is 0 Å². The Labute approximate surface area is 120 Å². The van der Waals surface area contributed by atoms with Crippen LogP contribution in [0.15, 0.2) is 60.7 Å². The third-order valence-corrected chi connectivity index (χ3v) is 3.54. The summed E-state index contributed by atoms with van der Waals surface area (Å²) in [5.41, 5.74) is 7.68. The fraction of sp³-hybridized carbons (Fsp3) is 0.294. The van der Waals surface area contributed by atoms with Crippen LogP contribution in [-0.4, -0.2) is 30.1 Å². The molecule has 0 bridgehead atoms. The molecule has 106 valence electrons. The van der Waals surface area contributed by atoms with Crippen LogP contribution in [0.25, 0.3) is 0 Å². The number of aliphatic hydroxyl groups excluding tert-OH is 1. The lowest BCUT2D eigenvalue weighted by atomic mass is 9.94. The Morgan fingerprint density at radius 1 is 0.950 bits per heavy atom. The van der Waals surface area contributed by atoms with E-state index in [-0.39, 0.29) is 6.04 Å². The van der Waals surface area contributed by atoms with Crippen LogP contribution in [0.4, 0.5) is 0 Å². The third-order valence-electron chi connectivity index (χ3n) is 3.54. The van der Waals surface area contributed by atoms with Crippen LogP contribution in [0.1, 0.15) is 23.3 Å². The molecule has 0 fully saturated rings. The lowest BCUT2D eigenvalue weighted by molar-refractivity contribution is 0.0635. The van der Waals surface area contributed by atoms with Gasteiger partial charge in [-0.25, -0.2) is 0 Å². The number of benzene rings is 2. The summed E-state index contributed by atoms with van der Waals surface area (Å²) in [6, 6.07) is 19.7. The molecule has 2 rings (SSSR count). The first-order valence-electron chi connectivity index (χ1n) is 6.92. The van der Waals surface area contributed by atoms with Gasteiger partial charge in [0.2, 0.25) is 0 Å². The summed E-state index contributed by atoms with van der Waals surface area (Å²) in [5.74, 6) is 0. The van der Waals surface area contributed by atoms with Crippen LogP contribution in [0.3, 0.4) is 0 Å². The molecule has 0 spiro atoms. The van der Waals surface area contributed by atoms with E-state index in [1.165, 1.54) is 0 Å². The van der Waals surface area contributed by atoms with Gasteiger partial charge in [0.25, 0.3) is 0 Å². The lowest BCUT2D eigenvalue weighted by Gasteiger charge is -2.32. The second-order valence-corrected chi connectivity index (χ2v) is 4.98. The largest absolute Gasteiger partial charge is 0.386 e. The van der Waals surface area contributed by atoms with Crippen LogP contribution >= 0.6 is 0 Å². The van der Waals surface area contributed by atoms with Crippen molar-refractivity contribution in [2.75, 3.05) is 20.1 Å². The molecule has 2 aromatic rings. The number of nitrogens with zero attached hydrogens (tertiary/aromatic N) is 1. The van der Waals surface area contributed by atoms with Gasteiger partial charge in [0.1, 0.15) is 0 Å². The summed E-state index contributed by atoms with van der Waals surface area (Å²) in [5, 5.41) is 10.7. The molecule has 0 saturated carbocycles. The van der Waals surface area contributed by atoms with Crippen molar-refractivity contribution in [1.82, 2.24) is 4.90 Å². The number of hydrogen-bond acceptors (Lipinski definition) is 3. The smallest absolute Gasteiger partial charge is 0.0986 e. The molecule has 0 aliphatic rings. The maximum Gasteiger partial charge on any atom is 0.0986 e. The molecule has 3 N–H and O–H groups in total. The van der Waals surface area contributed by atoms with Crippen molar-refractivity contribution in [3.63, 3.8) is 0 Å². The second kappa shape index (κ2) is 7.20. The number of likely N-dealkylation sites (N-methyl/N-ethyl adjacent to an activating group) is 1. The molecule has 3 nitrogen and oxygen atoms in total. The average molecular weight is 270 g/mol. The number of nitrogens with two attached hydrogens (primary N) is 1. The summed E-state index contributed by atoms with van der Waals surface area (Å²) in [7, 11) is 2.00. The van der Waals surface area contributed by atoms with Gasteiger partial charge in [0.05, 0.1) is 12.1 Å². The highest BCUT2D eigenvalue weighted by atomic mass is 16.3. The molecule has 3 heteroatoms. The van der Waals surface area contributed by atoms with Crippen LogP contribution in [0.2, 0.25) is 0 Å². The van der Waals surface area contributed by atoms with Crippen molar-refractivity contribution >= 4 is 0 Å². The molecule has 2 aromatic carbocycles. The maximum absolute atomic E-state index is 10.7. The summed E-state index contributed by atoms with van der Waals surface area (Å²) >= 11 is 0. The first kappa shape index (κ1) is 14.7. The monoisotopic (exact) mass is 270 g/mol. The molecular weight excluding hydrogens is 248 g/mol. The van der Waals surface area contributed by atoms with E-state index in [4.69, 9.17) is 5.73 Å². The fourth-order valence-electron chi connectivity index (χ4n) is 2.50. The van der Waals surface area contributed by atoms with E-state index in [1.807, 2.05) is 67.7 Å². The summed E-state index contributed by atoms with van der Waals surface area (Å²) in [4.78, 5) is 2.10. The van der Waals surface area contributed by atoms with Crippen molar-refractivity contribution in [3.8, 4) is 0 Å². The molecule has 0 heterocycles. The van der Waals surface area contributed by atoms with Crippen molar-refractivity contribution in [1.29, 1.82) is 0 Å². The van der Waals surface area contributed by atoms with E-state index >= 15 is 0 Å². The number of rotatable bonds is 6. The first-order chi connectivity index (χ1) is 9.74. The lowest BCUT2D eigenvalue weighted by Crippen LogP contribution is -2.33. The minimum Gasteiger partial charge on any atom is -0.386 e. The Kier molecular flexibility index (Phi) is 5.30. The predicted molar refractivity (Wildman–Crippen MR) is 82.3 cm³/mol. The Hall–Kier alpha value is -1.68. The highest BCUT2D eigenvalue weighted by Crippen LogP contribution is 2.32. The quantitative estimate of drug-likeness (QED) is 0.847. The van der Waals surface area contributed by atoms with Gasteiger partial charge in [0.15, 0.2) is 0 Å². The van der Waals surface area contributed by atoms with E-state index in [0.29, 0.717) is 6.54 Å². The van der Waals surface area contributed by atoms with Crippen LogP contribution in [0.5, 0.6) is 0 Å². The minimum atomic E-state index is -0.574. The summed E-state index contributed by atoms with van der Waals surface area (Å²) < 4.78 is 0. The molecule has 0 aliphatic heterocycles. The van der Waals surface area contributed by atoms with Crippen LogP contribution < -0.4 is 5.73 Å². The van der Waals surface area contributed by atoms with E-state index in [2.05, 4.69) is 4.90 Å². The van der Waals surface area contributed by atoms with Crippen molar-refractivity contribution in [2.24, 2.45) is 5.73 Å². The van der Waals surface area contributed by atoms with E-state index < -0.39 is 6.10 Å². The zero-order valence-corrected chi connectivity index (χ0v) is 11.8. The van der Waals surface area contributed by atoms with Crippen LogP contribution in [-0.2, 0) is 0 Å². The summed E-state index contributed by atoms with van der Waals surface area (Å²) in [6.45, 7) is 1.31. The minimum absolute atomic E-state index is 0.0952. The van der Waals surface area contributed by atoms with Crippen molar-refractivity contribution in [2.45, 2.75) is 12.1 Å². The Bertz CT molecular complexity index is 501. The molecule has 20 heavy (non-hydrogen) atoms. The molecule has 0 aromatic heterocycles. The molecule has 0 saturated heterocycles. The van der Waals surface area contributed by atoms with E-state index in [0.717, 1.165) is 17.7 Å². The average Bonchev–Trinajstić information content (AvgIpc) is 2.50. The highest BCUT2D eigenvalue weighted by molar-refractivity contribution is 5.26. The number of hydrogen-bond donors (Lipinski definition) is 2. The van der Waals surface area contributed by atoms with Gasteiger partial charge < -0.3 is 10.8 Å². The van der Waals surface area contributed by atoms with E-state index in [1.54, 1.807) is 0 Å². The second-order valence-electron chi connectivity index (χ2n) is 4.98. The molecule has 0 unspecified atom stereocenters. The van der Waals surface area contributed by atoms with Gasteiger partial charge in [-0.05, 0) is 18.2 Å². The standard InChI is InChI=1S/C17H22N2O/c1-19(13-12-18)16(14-8-4-2-5-9-14)17(20)15-10-6-3-7-11-15/h2-11,16-17,20H,12-13,18H2,1H3/t16-,17-/m0/s1. The van der Waals surface area contributed by atoms with Crippen molar-refractivity contribution < 1.29 is 5.11 Å². The van der Waals surface area contributed by atoms with Gasteiger partial charge >= 0.3 is 0 Å². The maximum atomic E-state index is 10.7. The molecular formula is C17H22N2O. The predicted octanol–water partition coefficient (Wildman–Crippen LogP) is 2.35. The molecule has 0 aliphatic carbocycles. The first-order valence-corrected chi connectivity index (χ1v) is 6.92. The van der Waals surface area contributed by atoms with Gasteiger partial charge in [-0.3, -0.25) is 4.90 Å². The Balaban J connectivity index is 2.31. The van der Waals surface area contributed by atoms with Crippen molar-refractivity contribution in [3.05, 3.63) is 71.8 Å². The van der Waals surface area contributed by atoms with Gasteiger partial charge in [0, 0.05) is 13.1 Å². The number of aliphatic hydroxyl groups is 1. The zero-order chi connectivity index (χ0) is 14.4. The topological polar surface area (TPSA) is 49.5 Å². The van der Waals surface area contributed by atoms with Gasteiger partial charge in [-0.2, -0.15) is 0 Å². The molecule has 0 radical (unpaired) electrons. The molecule has 2 atom stereocenters. The van der Waals surface area contributed by atoms with Gasteiger partial charge in [-0.1, -0.05) is 60.7 Å². The molecule has 0 amide bonds.